The average molecular weight is 497 g/mol. The highest BCUT2D eigenvalue weighted by atomic mass is 16.6. The number of esters is 1. The van der Waals surface area contributed by atoms with Crippen molar-refractivity contribution in [2.75, 3.05) is 20.7 Å². The molecule has 2 aromatic rings. The highest BCUT2D eigenvalue weighted by Crippen LogP contribution is 2.20. The monoisotopic (exact) mass is 496 g/mol. The molecule has 0 aliphatic heterocycles. The summed E-state index contributed by atoms with van der Waals surface area (Å²) in [5, 5.41) is 0. The molecule has 0 bridgehead atoms. The summed E-state index contributed by atoms with van der Waals surface area (Å²) in [5.74, 6) is 0.693. The molecular formula is C32H50NO3+. The lowest BCUT2D eigenvalue weighted by Crippen LogP contribution is -2.52. The Morgan fingerprint density at radius 3 is 2.03 bits per heavy atom. The number of benzene rings is 2. The maximum absolute atomic E-state index is 13.0. The fraction of sp³-hybridized carbons (Fsp3) is 0.594. The van der Waals surface area contributed by atoms with Gasteiger partial charge in [0.25, 0.3) is 0 Å². The normalized spacial score (nSPS) is 13.2. The van der Waals surface area contributed by atoms with Gasteiger partial charge in [0.2, 0.25) is 0 Å². The minimum Gasteiger partial charge on any atom is -0.487 e. The van der Waals surface area contributed by atoms with Crippen LogP contribution >= 0.6 is 0 Å². The van der Waals surface area contributed by atoms with Gasteiger partial charge in [-0.2, -0.15) is 0 Å². The first-order valence-corrected chi connectivity index (χ1v) is 14.2. The van der Waals surface area contributed by atoms with Gasteiger partial charge in [-0.3, -0.25) is 0 Å². The van der Waals surface area contributed by atoms with Gasteiger partial charge in [0, 0.05) is 12.0 Å². The van der Waals surface area contributed by atoms with Crippen LogP contribution in [0.15, 0.2) is 54.6 Å². The first kappa shape index (κ1) is 29.9. The molecule has 200 valence electrons. The number of aryl methyl sites for hydroxylation is 1. The van der Waals surface area contributed by atoms with Crippen molar-refractivity contribution in [2.24, 2.45) is 0 Å². The lowest BCUT2D eigenvalue weighted by Gasteiger charge is -2.36. The molecule has 0 amide bonds. The topological polar surface area (TPSA) is 35.5 Å². The quantitative estimate of drug-likeness (QED) is 0.120. The highest BCUT2D eigenvalue weighted by molar-refractivity contribution is 5.74. The zero-order valence-electron chi connectivity index (χ0n) is 23.5. The van der Waals surface area contributed by atoms with Crippen LogP contribution in [0.5, 0.6) is 5.75 Å². The summed E-state index contributed by atoms with van der Waals surface area (Å²) >= 11 is 0. The molecule has 0 aromatic heterocycles. The standard InChI is InChI=1S/C32H50NO3/c1-6-9-10-11-12-13-15-18-27-21-23-30(24-22-27)36-29(7-2)26-35-32(34)31(8-3)33(4,5)25-28-19-16-14-17-20-28/h14,16-17,19-24,29,31H,6-13,15,18,25-26H2,1-5H3/q+1. The van der Waals surface area contributed by atoms with E-state index in [0.29, 0.717) is 4.48 Å². The molecule has 0 aliphatic rings. The van der Waals surface area contributed by atoms with Gasteiger partial charge in [-0.25, -0.2) is 4.79 Å². The van der Waals surface area contributed by atoms with Crippen molar-refractivity contribution in [3.05, 3.63) is 65.7 Å². The van der Waals surface area contributed by atoms with Crippen LogP contribution in [0.1, 0.15) is 89.7 Å². The number of carbonyl (C=O) groups is 1. The highest BCUT2D eigenvalue weighted by Gasteiger charge is 2.35. The smallest absolute Gasteiger partial charge is 0.365 e. The third-order valence-electron chi connectivity index (χ3n) is 7.10. The molecule has 0 aliphatic carbocycles. The SMILES string of the molecule is CCCCCCCCCc1ccc(OC(CC)COC(=O)C(CC)[N+](C)(C)Cc2ccccc2)cc1. The van der Waals surface area contributed by atoms with Crippen LogP contribution in [0.3, 0.4) is 0 Å². The van der Waals surface area contributed by atoms with Gasteiger partial charge >= 0.3 is 5.97 Å². The maximum Gasteiger partial charge on any atom is 0.365 e. The first-order valence-electron chi connectivity index (χ1n) is 14.2. The largest absolute Gasteiger partial charge is 0.487 e. The second kappa shape index (κ2) is 16.4. The van der Waals surface area contributed by atoms with Crippen LogP contribution in [0.2, 0.25) is 0 Å². The molecule has 4 heteroatoms. The molecule has 0 spiro atoms. The Labute approximate surface area is 220 Å². The van der Waals surface area contributed by atoms with Crippen LogP contribution in [0, 0.1) is 0 Å². The van der Waals surface area contributed by atoms with Crippen LogP contribution in [0.25, 0.3) is 0 Å². The Hall–Kier alpha value is -2.33. The van der Waals surface area contributed by atoms with Crippen molar-refractivity contribution in [3.63, 3.8) is 0 Å². The zero-order chi connectivity index (χ0) is 26.2. The van der Waals surface area contributed by atoms with Crippen molar-refractivity contribution in [1.29, 1.82) is 0 Å². The van der Waals surface area contributed by atoms with Gasteiger partial charge in [-0.05, 0) is 37.0 Å². The number of likely N-dealkylation sites (N-methyl/N-ethyl adjacent to an activating group) is 1. The fourth-order valence-electron chi connectivity index (χ4n) is 4.83. The van der Waals surface area contributed by atoms with E-state index in [1.165, 1.54) is 56.1 Å². The van der Waals surface area contributed by atoms with Crippen molar-refractivity contribution in [2.45, 2.75) is 104 Å². The van der Waals surface area contributed by atoms with E-state index in [4.69, 9.17) is 9.47 Å². The summed E-state index contributed by atoms with van der Waals surface area (Å²) in [5.41, 5.74) is 2.58. The molecule has 2 unspecified atom stereocenters. The summed E-state index contributed by atoms with van der Waals surface area (Å²) < 4.78 is 12.5. The zero-order valence-corrected chi connectivity index (χ0v) is 23.5. The number of nitrogens with zero attached hydrogens (tertiary/aromatic N) is 1. The van der Waals surface area contributed by atoms with Crippen molar-refractivity contribution >= 4 is 5.97 Å². The second-order valence-electron chi connectivity index (χ2n) is 10.6. The van der Waals surface area contributed by atoms with E-state index in [9.17, 15) is 4.79 Å². The molecule has 2 atom stereocenters. The summed E-state index contributed by atoms with van der Waals surface area (Å²) in [7, 11) is 4.20. The van der Waals surface area contributed by atoms with Gasteiger partial charge < -0.3 is 14.0 Å². The minimum atomic E-state index is -0.214. The molecule has 0 radical (unpaired) electrons. The van der Waals surface area contributed by atoms with Crippen molar-refractivity contribution in [3.8, 4) is 5.75 Å². The van der Waals surface area contributed by atoms with E-state index in [1.54, 1.807) is 0 Å². The first-order chi connectivity index (χ1) is 17.4. The van der Waals surface area contributed by atoms with E-state index >= 15 is 0 Å². The van der Waals surface area contributed by atoms with Crippen LogP contribution < -0.4 is 4.74 Å². The fourth-order valence-corrected chi connectivity index (χ4v) is 4.83. The molecule has 0 saturated heterocycles. The average Bonchev–Trinajstić information content (AvgIpc) is 2.87. The number of quaternary nitrogens is 1. The number of rotatable bonds is 18. The summed E-state index contributed by atoms with van der Waals surface area (Å²) in [4.78, 5) is 13.0. The van der Waals surface area contributed by atoms with E-state index < -0.39 is 0 Å². The molecule has 0 saturated carbocycles. The number of hydrogen-bond acceptors (Lipinski definition) is 3. The van der Waals surface area contributed by atoms with Crippen LogP contribution in [-0.4, -0.2) is 43.3 Å². The molecule has 2 rings (SSSR count). The van der Waals surface area contributed by atoms with Gasteiger partial charge in [0.05, 0.1) is 14.1 Å². The van der Waals surface area contributed by atoms with Crippen molar-refractivity contribution < 1.29 is 18.8 Å². The summed E-state index contributed by atoms with van der Waals surface area (Å²) in [6, 6.07) is 18.5. The maximum atomic E-state index is 13.0. The molecule has 4 nitrogen and oxygen atoms in total. The Morgan fingerprint density at radius 1 is 0.778 bits per heavy atom. The van der Waals surface area contributed by atoms with Gasteiger partial charge in [0.15, 0.2) is 6.04 Å². The molecule has 0 heterocycles. The van der Waals surface area contributed by atoms with E-state index in [1.807, 2.05) is 18.2 Å². The van der Waals surface area contributed by atoms with E-state index in [-0.39, 0.29) is 24.7 Å². The Balaban J connectivity index is 1.79. The summed E-state index contributed by atoms with van der Waals surface area (Å²) in [6.45, 7) is 7.45. The van der Waals surface area contributed by atoms with E-state index in [0.717, 1.165) is 31.6 Å². The van der Waals surface area contributed by atoms with Gasteiger partial charge in [-0.15, -0.1) is 0 Å². The van der Waals surface area contributed by atoms with E-state index in [2.05, 4.69) is 71.3 Å². The molecule has 36 heavy (non-hydrogen) atoms. The van der Waals surface area contributed by atoms with Crippen LogP contribution in [-0.2, 0) is 22.5 Å². The Morgan fingerprint density at radius 2 is 1.42 bits per heavy atom. The predicted molar refractivity (Wildman–Crippen MR) is 150 cm³/mol. The second-order valence-corrected chi connectivity index (χ2v) is 10.6. The molecule has 2 aromatic carbocycles. The summed E-state index contributed by atoms with van der Waals surface area (Å²) in [6.07, 6.45) is 11.8. The number of unbranched alkanes of at least 4 members (excludes halogenated alkanes) is 6. The Bertz CT molecular complexity index is 847. The third-order valence-corrected chi connectivity index (χ3v) is 7.10. The minimum absolute atomic E-state index is 0.148. The number of ether oxygens (including phenoxy) is 2. The number of hydrogen-bond donors (Lipinski definition) is 0. The molecule has 0 fully saturated rings. The lowest BCUT2D eigenvalue weighted by atomic mass is 10.0. The molecular weight excluding hydrogens is 446 g/mol. The predicted octanol–water partition coefficient (Wildman–Crippen LogP) is 7.74. The third kappa shape index (κ3) is 10.7. The molecule has 0 N–H and O–H groups in total. The lowest BCUT2D eigenvalue weighted by molar-refractivity contribution is -0.919. The van der Waals surface area contributed by atoms with Gasteiger partial charge in [-0.1, -0.05) is 102 Å². The van der Waals surface area contributed by atoms with Crippen LogP contribution in [0.4, 0.5) is 0 Å². The Kier molecular flexibility index (Phi) is 13.6. The van der Waals surface area contributed by atoms with Gasteiger partial charge in [0.1, 0.15) is 25.0 Å². The van der Waals surface area contributed by atoms with Crippen molar-refractivity contribution in [1.82, 2.24) is 0 Å². The number of carbonyl (C=O) groups excluding carboxylic acids is 1.